The van der Waals surface area contributed by atoms with E-state index in [9.17, 15) is 18.0 Å². The number of nitrogens with zero attached hydrogens (tertiary/aromatic N) is 5. The third kappa shape index (κ3) is 4.59. The summed E-state index contributed by atoms with van der Waals surface area (Å²) in [7, 11) is 0. The van der Waals surface area contributed by atoms with Gasteiger partial charge in [0.1, 0.15) is 0 Å². The third-order valence-electron chi connectivity index (χ3n) is 4.86. The minimum atomic E-state index is -4.68. The Morgan fingerprint density at radius 1 is 1.15 bits per heavy atom. The summed E-state index contributed by atoms with van der Waals surface area (Å²) >= 11 is 4.62. The Morgan fingerprint density at radius 2 is 2.00 bits per heavy atom. The molecule has 5 rings (SSSR count). The summed E-state index contributed by atoms with van der Waals surface area (Å²) < 4.78 is 44.4. The van der Waals surface area contributed by atoms with E-state index in [1.165, 1.54) is 17.4 Å². The maximum atomic E-state index is 13.7. The molecule has 5 aromatic rings. The van der Waals surface area contributed by atoms with Gasteiger partial charge < -0.3 is 5.32 Å². The minimum absolute atomic E-state index is 0.0682. The molecule has 0 saturated heterocycles. The van der Waals surface area contributed by atoms with E-state index in [0.29, 0.717) is 21.6 Å². The lowest BCUT2D eigenvalue weighted by molar-refractivity contribution is -0.142. The zero-order valence-electron chi connectivity index (χ0n) is 17.1. The molecule has 0 aliphatic heterocycles. The molecule has 0 bridgehead atoms. The molecular weight excluding hydrogens is 533 g/mol. The van der Waals surface area contributed by atoms with Crippen molar-refractivity contribution < 1.29 is 18.0 Å². The number of fused-ring (bicyclic) bond motifs is 1. The molecule has 0 fully saturated rings. The van der Waals surface area contributed by atoms with E-state index >= 15 is 0 Å². The second-order valence-electron chi connectivity index (χ2n) is 7.31. The lowest BCUT2D eigenvalue weighted by Crippen LogP contribution is -2.15. The first-order valence-electron chi connectivity index (χ1n) is 9.86. The lowest BCUT2D eigenvalue weighted by atomic mass is 10.2. The third-order valence-corrected chi connectivity index (χ3v) is 6.16. The van der Waals surface area contributed by atoms with Gasteiger partial charge in [0.05, 0.1) is 27.8 Å². The number of thiophene rings is 1. The van der Waals surface area contributed by atoms with Gasteiger partial charge >= 0.3 is 6.18 Å². The zero-order chi connectivity index (χ0) is 23.9. The standard InChI is InChI=1S/C22H14BrF3N6OS/c23-14-10-27-31(12-14)11-13-3-1-4-15(7-13)28-21(33)17-9-20-29-16(18-5-2-6-34-18)8-19(22(24,25)26)32(20)30-17/h1-10,12H,11H2,(H,28,33). The first-order chi connectivity index (χ1) is 16.3. The molecule has 0 radical (unpaired) electrons. The fraction of sp³-hybridized carbons (Fsp3) is 0.0909. The van der Waals surface area contributed by atoms with Gasteiger partial charge in [-0.1, -0.05) is 18.2 Å². The van der Waals surface area contributed by atoms with Crippen LogP contribution in [-0.4, -0.2) is 30.3 Å². The predicted molar refractivity (Wildman–Crippen MR) is 125 cm³/mol. The number of hydrogen-bond donors (Lipinski definition) is 1. The number of alkyl halides is 3. The highest BCUT2D eigenvalue weighted by Crippen LogP contribution is 2.33. The summed E-state index contributed by atoms with van der Waals surface area (Å²) in [5.74, 6) is -0.643. The molecule has 34 heavy (non-hydrogen) atoms. The Morgan fingerprint density at radius 3 is 2.71 bits per heavy atom. The SMILES string of the molecule is O=C(Nc1cccc(Cn2cc(Br)cn2)c1)c1cc2nc(-c3cccs3)cc(C(F)(F)F)n2n1. The van der Waals surface area contributed by atoms with Crippen molar-refractivity contribution in [1.82, 2.24) is 24.4 Å². The number of rotatable bonds is 5. The maximum Gasteiger partial charge on any atom is 0.433 e. The molecule has 172 valence electrons. The minimum Gasteiger partial charge on any atom is -0.321 e. The van der Waals surface area contributed by atoms with E-state index in [4.69, 9.17) is 0 Å². The quantitative estimate of drug-likeness (QED) is 0.305. The molecule has 0 atom stereocenters. The van der Waals surface area contributed by atoms with Crippen LogP contribution in [0, 0.1) is 0 Å². The highest BCUT2D eigenvalue weighted by molar-refractivity contribution is 9.10. The molecule has 12 heteroatoms. The van der Waals surface area contributed by atoms with Crippen LogP contribution in [0.2, 0.25) is 0 Å². The number of carbonyl (C=O) groups is 1. The first kappa shape index (κ1) is 22.3. The fourth-order valence-corrected chi connectivity index (χ4v) is 4.41. The van der Waals surface area contributed by atoms with Crippen LogP contribution in [0.5, 0.6) is 0 Å². The van der Waals surface area contributed by atoms with Crippen molar-refractivity contribution in [2.24, 2.45) is 0 Å². The van der Waals surface area contributed by atoms with Gasteiger partial charge in [0.25, 0.3) is 5.91 Å². The smallest absolute Gasteiger partial charge is 0.321 e. The molecule has 7 nitrogen and oxygen atoms in total. The number of carbonyl (C=O) groups excluding carboxylic acids is 1. The summed E-state index contributed by atoms with van der Waals surface area (Å²) in [5.41, 5.74) is 0.273. The average Bonchev–Trinajstić information content (AvgIpc) is 3.53. The van der Waals surface area contributed by atoms with E-state index in [-0.39, 0.29) is 17.0 Å². The van der Waals surface area contributed by atoms with E-state index in [0.717, 1.165) is 16.1 Å². The Labute approximate surface area is 203 Å². The number of aromatic nitrogens is 5. The van der Waals surface area contributed by atoms with Gasteiger partial charge in [-0.3, -0.25) is 9.48 Å². The van der Waals surface area contributed by atoms with Crippen molar-refractivity contribution >= 4 is 44.5 Å². The maximum absolute atomic E-state index is 13.7. The van der Waals surface area contributed by atoms with E-state index in [1.807, 2.05) is 12.3 Å². The highest BCUT2D eigenvalue weighted by Gasteiger charge is 2.35. The van der Waals surface area contributed by atoms with Gasteiger partial charge in [-0.05, 0) is 51.1 Å². The number of nitrogens with one attached hydrogen (secondary N) is 1. The van der Waals surface area contributed by atoms with Crippen molar-refractivity contribution in [3.63, 3.8) is 0 Å². The number of benzene rings is 1. The lowest BCUT2D eigenvalue weighted by Gasteiger charge is -2.10. The Balaban J connectivity index is 1.44. The Kier molecular flexibility index (Phi) is 5.70. The molecule has 0 aliphatic carbocycles. The fourth-order valence-electron chi connectivity index (χ4n) is 3.39. The van der Waals surface area contributed by atoms with Crippen LogP contribution < -0.4 is 5.32 Å². The normalized spacial score (nSPS) is 11.8. The number of amides is 1. The number of hydrogen-bond acceptors (Lipinski definition) is 5. The van der Waals surface area contributed by atoms with Gasteiger partial charge in [-0.15, -0.1) is 11.3 Å². The molecule has 0 unspecified atom stereocenters. The summed E-state index contributed by atoms with van der Waals surface area (Å²) in [4.78, 5) is 17.7. The van der Waals surface area contributed by atoms with Crippen molar-refractivity contribution in [1.29, 1.82) is 0 Å². The van der Waals surface area contributed by atoms with Crippen LogP contribution in [-0.2, 0) is 12.7 Å². The number of halogens is 4. The molecule has 0 aliphatic rings. The van der Waals surface area contributed by atoms with E-state index in [1.54, 1.807) is 46.6 Å². The molecule has 1 aromatic carbocycles. The molecular formula is C22H14BrF3N6OS. The predicted octanol–water partition coefficient (Wildman–Crippen LogP) is 5.74. The highest BCUT2D eigenvalue weighted by atomic mass is 79.9. The first-order valence-corrected chi connectivity index (χ1v) is 11.5. The van der Waals surface area contributed by atoms with Crippen LogP contribution in [0.1, 0.15) is 21.7 Å². The zero-order valence-corrected chi connectivity index (χ0v) is 19.5. The monoisotopic (exact) mass is 546 g/mol. The van der Waals surface area contributed by atoms with Crippen molar-refractivity contribution in [3.05, 3.63) is 87.7 Å². The van der Waals surface area contributed by atoms with Crippen LogP contribution in [0.25, 0.3) is 16.2 Å². The van der Waals surface area contributed by atoms with Gasteiger partial charge in [-0.2, -0.15) is 23.4 Å². The molecule has 0 saturated carbocycles. The summed E-state index contributed by atoms with van der Waals surface area (Å²) in [5, 5.41) is 12.5. The van der Waals surface area contributed by atoms with Gasteiger partial charge in [0.15, 0.2) is 17.0 Å². The molecule has 1 N–H and O–H groups in total. The molecule has 1 amide bonds. The average molecular weight is 547 g/mol. The largest absolute Gasteiger partial charge is 0.433 e. The van der Waals surface area contributed by atoms with Crippen LogP contribution in [0.15, 0.2) is 70.8 Å². The molecule has 4 heterocycles. The van der Waals surface area contributed by atoms with Crippen molar-refractivity contribution in [2.45, 2.75) is 12.7 Å². The summed E-state index contributed by atoms with van der Waals surface area (Å²) in [6.45, 7) is 0.480. The van der Waals surface area contributed by atoms with E-state index < -0.39 is 17.8 Å². The van der Waals surface area contributed by atoms with Gasteiger partial charge in [0.2, 0.25) is 0 Å². The van der Waals surface area contributed by atoms with Crippen LogP contribution in [0.3, 0.4) is 0 Å². The Bertz CT molecular complexity index is 1490. The molecule has 4 aromatic heterocycles. The Hall–Kier alpha value is -3.51. The summed E-state index contributed by atoms with van der Waals surface area (Å²) in [6, 6.07) is 12.7. The van der Waals surface area contributed by atoms with Gasteiger partial charge in [0, 0.05) is 18.0 Å². The molecule has 0 spiro atoms. The van der Waals surface area contributed by atoms with E-state index in [2.05, 4.69) is 36.4 Å². The number of anilines is 1. The second-order valence-corrected chi connectivity index (χ2v) is 9.18. The van der Waals surface area contributed by atoms with Crippen molar-refractivity contribution in [3.8, 4) is 10.6 Å². The van der Waals surface area contributed by atoms with Crippen LogP contribution >= 0.6 is 27.3 Å². The van der Waals surface area contributed by atoms with Gasteiger partial charge in [-0.25, -0.2) is 9.50 Å². The van der Waals surface area contributed by atoms with Crippen LogP contribution in [0.4, 0.5) is 18.9 Å². The topological polar surface area (TPSA) is 77.1 Å². The van der Waals surface area contributed by atoms with Crippen molar-refractivity contribution in [2.75, 3.05) is 5.32 Å². The summed E-state index contributed by atoms with van der Waals surface area (Å²) in [6.07, 6.45) is -1.19. The second kappa shape index (κ2) is 8.69.